The third-order valence-corrected chi connectivity index (χ3v) is 2.38. The molecule has 1 aromatic carbocycles. The molecular formula is C14H19NO5. The molecule has 0 atom stereocenters. The molecule has 20 heavy (non-hydrogen) atoms. The van der Waals surface area contributed by atoms with Crippen LogP contribution in [0.1, 0.15) is 31.1 Å². The van der Waals surface area contributed by atoms with Gasteiger partial charge in [0, 0.05) is 12.6 Å². The number of hydrogen-bond acceptors (Lipinski definition) is 5. The molecule has 0 radical (unpaired) electrons. The van der Waals surface area contributed by atoms with Gasteiger partial charge in [-0.1, -0.05) is 0 Å². The molecule has 6 nitrogen and oxygen atoms in total. The van der Waals surface area contributed by atoms with Crippen LogP contribution in [0.25, 0.3) is 0 Å². The fraction of sp³-hybridized carbons (Fsp3) is 0.429. The Labute approximate surface area is 117 Å². The maximum Gasteiger partial charge on any atom is 0.410 e. The summed E-state index contributed by atoms with van der Waals surface area (Å²) >= 11 is 0. The molecule has 0 spiro atoms. The van der Waals surface area contributed by atoms with Crippen LogP contribution < -0.4 is 0 Å². The Morgan fingerprint density at radius 1 is 1.20 bits per heavy atom. The van der Waals surface area contributed by atoms with E-state index in [-0.39, 0.29) is 29.4 Å². The standard InChI is InChI=1S/C14H19NO5/c1-14(2,3)20-13(19)15(4)8-12(18)9-5-6-10(16)11(17)7-9/h5-7,16-17H,8H2,1-4H3. The Balaban J connectivity index is 2.70. The normalized spacial score (nSPS) is 11.0. The molecule has 0 saturated carbocycles. The zero-order chi connectivity index (χ0) is 15.5. The predicted molar refractivity (Wildman–Crippen MR) is 73.0 cm³/mol. The van der Waals surface area contributed by atoms with Gasteiger partial charge in [-0.05, 0) is 39.0 Å². The summed E-state index contributed by atoms with van der Waals surface area (Å²) in [6.45, 7) is 5.02. The summed E-state index contributed by atoms with van der Waals surface area (Å²) in [5.74, 6) is -1.05. The Kier molecular flexibility index (Phi) is 4.60. The molecule has 0 bridgehead atoms. The van der Waals surface area contributed by atoms with Crippen LogP contribution in [0.2, 0.25) is 0 Å². The van der Waals surface area contributed by atoms with E-state index in [2.05, 4.69) is 0 Å². The number of hydrogen-bond donors (Lipinski definition) is 2. The zero-order valence-corrected chi connectivity index (χ0v) is 12.0. The van der Waals surface area contributed by atoms with Gasteiger partial charge in [-0.2, -0.15) is 0 Å². The van der Waals surface area contributed by atoms with Crippen molar-refractivity contribution in [3.05, 3.63) is 23.8 Å². The second kappa shape index (κ2) is 5.81. The second-order valence-corrected chi connectivity index (χ2v) is 5.46. The van der Waals surface area contributed by atoms with E-state index in [9.17, 15) is 19.8 Å². The largest absolute Gasteiger partial charge is 0.504 e. The molecule has 1 rings (SSSR count). The zero-order valence-electron chi connectivity index (χ0n) is 12.0. The van der Waals surface area contributed by atoms with Gasteiger partial charge in [0.1, 0.15) is 5.60 Å². The quantitative estimate of drug-likeness (QED) is 0.654. The topological polar surface area (TPSA) is 87.1 Å². The van der Waals surface area contributed by atoms with Crippen LogP contribution in [0.5, 0.6) is 11.5 Å². The average Bonchev–Trinajstić information content (AvgIpc) is 2.30. The van der Waals surface area contributed by atoms with E-state index in [0.717, 1.165) is 11.0 Å². The van der Waals surface area contributed by atoms with Crippen molar-refractivity contribution in [1.29, 1.82) is 0 Å². The Hall–Kier alpha value is -2.24. The first-order chi connectivity index (χ1) is 9.10. The van der Waals surface area contributed by atoms with Gasteiger partial charge < -0.3 is 19.8 Å². The average molecular weight is 281 g/mol. The van der Waals surface area contributed by atoms with Crippen molar-refractivity contribution in [2.24, 2.45) is 0 Å². The number of carbonyl (C=O) groups excluding carboxylic acids is 2. The molecule has 110 valence electrons. The van der Waals surface area contributed by atoms with Gasteiger partial charge in [-0.15, -0.1) is 0 Å². The van der Waals surface area contributed by atoms with Crippen LogP contribution in [0, 0.1) is 0 Å². The molecule has 2 N–H and O–H groups in total. The summed E-state index contributed by atoms with van der Waals surface area (Å²) in [4.78, 5) is 24.8. The van der Waals surface area contributed by atoms with Gasteiger partial charge in [0.15, 0.2) is 17.3 Å². The number of nitrogens with zero attached hydrogens (tertiary/aromatic N) is 1. The first-order valence-corrected chi connectivity index (χ1v) is 6.09. The highest BCUT2D eigenvalue weighted by Crippen LogP contribution is 2.25. The van der Waals surface area contributed by atoms with Crippen LogP contribution in [-0.2, 0) is 4.74 Å². The van der Waals surface area contributed by atoms with Crippen molar-refractivity contribution in [1.82, 2.24) is 4.90 Å². The highest BCUT2D eigenvalue weighted by Gasteiger charge is 2.21. The van der Waals surface area contributed by atoms with E-state index in [4.69, 9.17) is 4.74 Å². The number of rotatable bonds is 3. The number of Topliss-reactive ketones (excluding diaryl/α,β-unsaturated/α-hetero) is 1. The molecular weight excluding hydrogens is 262 g/mol. The molecule has 1 amide bonds. The monoisotopic (exact) mass is 281 g/mol. The van der Waals surface area contributed by atoms with Gasteiger partial charge in [0.05, 0.1) is 6.54 Å². The van der Waals surface area contributed by atoms with E-state index in [1.807, 2.05) is 0 Å². The minimum absolute atomic E-state index is 0.181. The van der Waals surface area contributed by atoms with Gasteiger partial charge in [-0.25, -0.2) is 4.79 Å². The number of ketones is 1. The van der Waals surface area contributed by atoms with Crippen LogP contribution in [0.4, 0.5) is 4.79 Å². The summed E-state index contributed by atoms with van der Waals surface area (Å²) in [6, 6.07) is 3.75. The highest BCUT2D eigenvalue weighted by molar-refractivity contribution is 5.99. The molecule has 0 aliphatic rings. The molecule has 1 aromatic rings. The lowest BCUT2D eigenvalue weighted by atomic mass is 10.1. The molecule has 0 aliphatic carbocycles. The first-order valence-electron chi connectivity index (χ1n) is 6.09. The molecule has 0 aliphatic heterocycles. The third-order valence-electron chi connectivity index (χ3n) is 2.38. The fourth-order valence-corrected chi connectivity index (χ4v) is 1.41. The number of phenolic OH excluding ortho intramolecular Hbond substituents is 2. The SMILES string of the molecule is CN(CC(=O)c1ccc(O)c(O)c1)C(=O)OC(C)(C)C. The molecule has 0 saturated heterocycles. The maximum absolute atomic E-state index is 11.9. The van der Waals surface area contributed by atoms with E-state index in [1.54, 1.807) is 20.8 Å². The smallest absolute Gasteiger partial charge is 0.410 e. The predicted octanol–water partition coefficient (Wildman–Crippen LogP) is 2.15. The fourth-order valence-electron chi connectivity index (χ4n) is 1.41. The van der Waals surface area contributed by atoms with Gasteiger partial charge in [0.25, 0.3) is 0 Å². The van der Waals surface area contributed by atoms with E-state index >= 15 is 0 Å². The molecule has 0 unspecified atom stereocenters. The van der Waals surface area contributed by atoms with E-state index < -0.39 is 11.7 Å². The number of phenols is 2. The first kappa shape index (κ1) is 15.8. The molecule has 0 heterocycles. The van der Waals surface area contributed by atoms with Crippen LogP contribution in [0.15, 0.2) is 18.2 Å². The summed E-state index contributed by atoms with van der Waals surface area (Å²) in [7, 11) is 1.45. The number of benzene rings is 1. The molecule has 6 heteroatoms. The number of likely N-dealkylation sites (N-methyl/N-ethyl adjacent to an activating group) is 1. The van der Waals surface area contributed by atoms with Crippen molar-refractivity contribution in [2.45, 2.75) is 26.4 Å². The third kappa shape index (κ3) is 4.46. The molecule has 0 fully saturated rings. The number of carbonyl (C=O) groups is 2. The van der Waals surface area contributed by atoms with E-state index in [0.29, 0.717) is 0 Å². The van der Waals surface area contributed by atoms with Crippen molar-refractivity contribution in [2.75, 3.05) is 13.6 Å². The maximum atomic E-state index is 11.9. The number of ether oxygens (including phenoxy) is 1. The number of aromatic hydroxyl groups is 2. The lowest BCUT2D eigenvalue weighted by molar-refractivity contribution is 0.0294. The van der Waals surface area contributed by atoms with Crippen LogP contribution >= 0.6 is 0 Å². The van der Waals surface area contributed by atoms with Crippen LogP contribution in [-0.4, -0.2) is 46.2 Å². The summed E-state index contributed by atoms with van der Waals surface area (Å²) < 4.78 is 5.12. The Bertz CT molecular complexity index is 519. The lowest BCUT2D eigenvalue weighted by Gasteiger charge is -2.24. The van der Waals surface area contributed by atoms with Crippen molar-refractivity contribution < 1.29 is 24.5 Å². The lowest BCUT2D eigenvalue weighted by Crippen LogP contribution is -2.37. The van der Waals surface area contributed by atoms with Gasteiger partial charge in [-0.3, -0.25) is 4.79 Å². The highest BCUT2D eigenvalue weighted by atomic mass is 16.6. The van der Waals surface area contributed by atoms with Crippen molar-refractivity contribution in [3.8, 4) is 11.5 Å². The van der Waals surface area contributed by atoms with Gasteiger partial charge >= 0.3 is 6.09 Å². The minimum atomic E-state index is -0.634. The second-order valence-electron chi connectivity index (χ2n) is 5.46. The van der Waals surface area contributed by atoms with E-state index in [1.165, 1.54) is 19.2 Å². The van der Waals surface area contributed by atoms with Gasteiger partial charge in [0.2, 0.25) is 0 Å². The summed E-state index contributed by atoms with van der Waals surface area (Å²) in [5, 5.41) is 18.5. The summed E-state index contributed by atoms with van der Waals surface area (Å²) in [6.07, 6.45) is -0.603. The minimum Gasteiger partial charge on any atom is -0.504 e. The van der Waals surface area contributed by atoms with Crippen molar-refractivity contribution in [3.63, 3.8) is 0 Å². The summed E-state index contributed by atoms with van der Waals surface area (Å²) in [5.41, 5.74) is -0.429. The van der Waals surface area contributed by atoms with Crippen LogP contribution in [0.3, 0.4) is 0 Å². The Morgan fingerprint density at radius 3 is 2.30 bits per heavy atom. The molecule has 0 aromatic heterocycles. The number of amides is 1. The van der Waals surface area contributed by atoms with Crippen molar-refractivity contribution >= 4 is 11.9 Å². The Morgan fingerprint density at radius 2 is 1.80 bits per heavy atom.